The highest BCUT2D eigenvalue weighted by Gasteiger charge is 2.19. The van der Waals surface area contributed by atoms with E-state index in [0.717, 1.165) is 18.5 Å². The zero-order valence-electron chi connectivity index (χ0n) is 11.0. The molecule has 0 aliphatic rings. The summed E-state index contributed by atoms with van der Waals surface area (Å²) in [7, 11) is 1.84. The molecule has 5 heteroatoms. The van der Waals surface area contributed by atoms with Gasteiger partial charge in [0.05, 0.1) is 12.2 Å². The zero-order valence-corrected chi connectivity index (χ0v) is 11.8. The van der Waals surface area contributed by atoms with Crippen LogP contribution in [0.4, 0.5) is 4.39 Å². The van der Waals surface area contributed by atoms with Crippen molar-refractivity contribution in [3.8, 4) is 0 Å². The summed E-state index contributed by atoms with van der Waals surface area (Å²) in [6, 6.07) is 4.39. The second kappa shape index (κ2) is 6.17. The van der Waals surface area contributed by atoms with Gasteiger partial charge in [0.2, 0.25) is 0 Å². The topological polar surface area (TPSA) is 29.9 Å². The molecule has 0 radical (unpaired) electrons. The molecule has 1 unspecified atom stereocenters. The summed E-state index contributed by atoms with van der Waals surface area (Å²) in [6.07, 6.45) is 4.60. The van der Waals surface area contributed by atoms with E-state index in [4.69, 9.17) is 11.6 Å². The Balaban J connectivity index is 2.39. The standard InChI is InChI=1S/C14H17ClFN3/c1-3-6-17-14(10-8-18-19(2)9-10)12-7-11(15)4-5-13(12)16/h4-5,7-9,14,17H,3,6H2,1-2H3. The van der Waals surface area contributed by atoms with Crippen LogP contribution in [0.25, 0.3) is 0 Å². The van der Waals surface area contributed by atoms with Gasteiger partial charge in [-0.15, -0.1) is 0 Å². The number of benzene rings is 1. The summed E-state index contributed by atoms with van der Waals surface area (Å²) >= 11 is 5.97. The van der Waals surface area contributed by atoms with Crippen molar-refractivity contribution in [2.75, 3.05) is 6.54 Å². The maximum Gasteiger partial charge on any atom is 0.128 e. The van der Waals surface area contributed by atoms with Crippen LogP contribution in [0.1, 0.15) is 30.5 Å². The largest absolute Gasteiger partial charge is 0.306 e. The van der Waals surface area contributed by atoms with Gasteiger partial charge in [0.25, 0.3) is 0 Å². The number of rotatable bonds is 5. The van der Waals surface area contributed by atoms with Gasteiger partial charge in [0, 0.05) is 29.4 Å². The molecule has 0 bridgehead atoms. The van der Waals surface area contributed by atoms with Gasteiger partial charge < -0.3 is 5.32 Å². The molecule has 2 aromatic rings. The number of hydrogen-bond donors (Lipinski definition) is 1. The minimum atomic E-state index is -0.262. The van der Waals surface area contributed by atoms with Crippen molar-refractivity contribution in [1.29, 1.82) is 0 Å². The van der Waals surface area contributed by atoms with Crippen molar-refractivity contribution in [3.63, 3.8) is 0 Å². The first-order valence-corrected chi connectivity index (χ1v) is 6.66. The second-order valence-corrected chi connectivity index (χ2v) is 4.94. The summed E-state index contributed by atoms with van der Waals surface area (Å²) in [5, 5.41) is 8.01. The predicted molar refractivity (Wildman–Crippen MR) is 74.8 cm³/mol. The minimum absolute atomic E-state index is 0.229. The molecule has 1 atom stereocenters. The molecule has 0 aliphatic carbocycles. The Hall–Kier alpha value is -1.39. The molecule has 0 fully saturated rings. The van der Waals surface area contributed by atoms with Gasteiger partial charge in [-0.2, -0.15) is 5.10 Å². The van der Waals surface area contributed by atoms with Gasteiger partial charge in [-0.3, -0.25) is 4.68 Å². The Bertz CT molecular complexity index is 553. The summed E-state index contributed by atoms with van der Waals surface area (Å²) in [5.41, 5.74) is 1.48. The lowest BCUT2D eigenvalue weighted by atomic mass is 10.0. The molecule has 0 amide bonds. The molecular formula is C14H17ClFN3. The second-order valence-electron chi connectivity index (χ2n) is 4.50. The third-order valence-corrected chi connectivity index (χ3v) is 3.16. The van der Waals surface area contributed by atoms with E-state index in [1.165, 1.54) is 6.07 Å². The van der Waals surface area contributed by atoms with Crippen LogP contribution < -0.4 is 5.32 Å². The lowest BCUT2D eigenvalue weighted by Gasteiger charge is -2.18. The lowest BCUT2D eigenvalue weighted by Crippen LogP contribution is -2.23. The normalized spacial score (nSPS) is 12.6. The summed E-state index contributed by atoms with van der Waals surface area (Å²) in [6.45, 7) is 2.87. The molecular weight excluding hydrogens is 265 g/mol. The Morgan fingerprint density at radius 3 is 2.89 bits per heavy atom. The number of halogens is 2. The molecule has 1 aromatic heterocycles. The van der Waals surface area contributed by atoms with E-state index in [1.54, 1.807) is 23.0 Å². The van der Waals surface area contributed by atoms with Gasteiger partial charge in [-0.25, -0.2) is 4.39 Å². The van der Waals surface area contributed by atoms with Crippen LogP contribution in [0.3, 0.4) is 0 Å². The smallest absolute Gasteiger partial charge is 0.128 e. The molecule has 2 rings (SSSR count). The van der Waals surface area contributed by atoms with Crippen LogP contribution in [-0.2, 0) is 7.05 Å². The molecule has 102 valence electrons. The van der Waals surface area contributed by atoms with E-state index in [0.29, 0.717) is 10.6 Å². The molecule has 1 N–H and O–H groups in total. The highest BCUT2D eigenvalue weighted by Crippen LogP contribution is 2.26. The van der Waals surface area contributed by atoms with Crippen LogP contribution in [0.2, 0.25) is 5.02 Å². The van der Waals surface area contributed by atoms with Crippen LogP contribution in [0.15, 0.2) is 30.6 Å². The fraction of sp³-hybridized carbons (Fsp3) is 0.357. The van der Waals surface area contributed by atoms with Crippen molar-refractivity contribution in [2.45, 2.75) is 19.4 Å². The van der Waals surface area contributed by atoms with E-state index in [9.17, 15) is 4.39 Å². The lowest BCUT2D eigenvalue weighted by molar-refractivity contribution is 0.546. The molecule has 1 aromatic carbocycles. The SMILES string of the molecule is CCCNC(c1cnn(C)c1)c1cc(Cl)ccc1F. The molecule has 1 heterocycles. The van der Waals surface area contributed by atoms with Gasteiger partial charge >= 0.3 is 0 Å². The summed E-state index contributed by atoms with van der Waals surface area (Å²) < 4.78 is 15.7. The Kier molecular flexibility index (Phi) is 4.56. The highest BCUT2D eigenvalue weighted by molar-refractivity contribution is 6.30. The van der Waals surface area contributed by atoms with Gasteiger partial charge in [0.15, 0.2) is 0 Å². The number of nitrogens with zero attached hydrogens (tertiary/aromatic N) is 2. The number of aromatic nitrogens is 2. The Morgan fingerprint density at radius 2 is 2.26 bits per heavy atom. The van der Waals surface area contributed by atoms with Crippen molar-refractivity contribution in [1.82, 2.24) is 15.1 Å². The quantitative estimate of drug-likeness (QED) is 0.911. The molecule has 0 saturated heterocycles. The first-order chi connectivity index (χ1) is 9.11. The number of hydrogen-bond acceptors (Lipinski definition) is 2. The number of nitrogens with one attached hydrogen (secondary N) is 1. The van der Waals surface area contributed by atoms with Crippen LogP contribution in [0, 0.1) is 5.82 Å². The number of aryl methyl sites for hydroxylation is 1. The van der Waals surface area contributed by atoms with Crippen molar-refractivity contribution < 1.29 is 4.39 Å². The third kappa shape index (κ3) is 3.33. The highest BCUT2D eigenvalue weighted by atomic mass is 35.5. The maximum absolute atomic E-state index is 14.0. The first kappa shape index (κ1) is 14.0. The van der Waals surface area contributed by atoms with E-state index in [2.05, 4.69) is 17.3 Å². The van der Waals surface area contributed by atoms with E-state index < -0.39 is 0 Å². The average molecular weight is 282 g/mol. The summed E-state index contributed by atoms with van der Waals surface area (Å²) in [4.78, 5) is 0. The van der Waals surface area contributed by atoms with Crippen molar-refractivity contribution >= 4 is 11.6 Å². The van der Waals surface area contributed by atoms with Crippen molar-refractivity contribution in [3.05, 3.63) is 52.6 Å². The fourth-order valence-corrected chi connectivity index (χ4v) is 2.20. The van der Waals surface area contributed by atoms with Gasteiger partial charge in [-0.1, -0.05) is 18.5 Å². The fourth-order valence-electron chi connectivity index (χ4n) is 2.02. The molecule has 0 aliphatic heterocycles. The van der Waals surface area contributed by atoms with Crippen LogP contribution >= 0.6 is 11.6 Å². The Morgan fingerprint density at radius 1 is 1.47 bits per heavy atom. The summed E-state index contributed by atoms with van der Waals surface area (Å²) in [5.74, 6) is -0.262. The first-order valence-electron chi connectivity index (χ1n) is 6.28. The van der Waals surface area contributed by atoms with Crippen molar-refractivity contribution in [2.24, 2.45) is 7.05 Å². The minimum Gasteiger partial charge on any atom is -0.306 e. The molecule has 0 saturated carbocycles. The predicted octanol–water partition coefficient (Wildman–Crippen LogP) is 3.30. The zero-order chi connectivity index (χ0) is 13.8. The van der Waals surface area contributed by atoms with Crippen LogP contribution in [0.5, 0.6) is 0 Å². The molecule has 3 nitrogen and oxygen atoms in total. The Labute approximate surface area is 117 Å². The molecule has 19 heavy (non-hydrogen) atoms. The average Bonchev–Trinajstić information content (AvgIpc) is 2.80. The van der Waals surface area contributed by atoms with E-state index in [-0.39, 0.29) is 11.9 Å². The van der Waals surface area contributed by atoms with Crippen LogP contribution in [-0.4, -0.2) is 16.3 Å². The monoisotopic (exact) mass is 281 g/mol. The third-order valence-electron chi connectivity index (χ3n) is 2.93. The van der Waals surface area contributed by atoms with Gasteiger partial charge in [-0.05, 0) is 31.2 Å². The van der Waals surface area contributed by atoms with E-state index in [1.807, 2.05) is 13.2 Å². The van der Waals surface area contributed by atoms with Gasteiger partial charge in [0.1, 0.15) is 5.82 Å². The maximum atomic E-state index is 14.0. The molecule has 0 spiro atoms. The van der Waals surface area contributed by atoms with E-state index >= 15 is 0 Å².